The molecule has 0 aliphatic carbocycles. The molecule has 8 nitrogen and oxygen atoms in total. The van der Waals surface area contributed by atoms with Crippen molar-refractivity contribution in [1.29, 1.82) is 0 Å². The highest BCUT2D eigenvalue weighted by atomic mass is 16.5. The number of methoxy groups -OCH3 is 3. The molecule has 2 aromatic heterocycles. The number of hydrogen-bond donors (Lipinski definition) is 1. The number of hydrogen-bond acceptors (Lipinski definition) is 6. The number of fused-ring (bicyclic) bond motifs is 3. The third kappa shape index (κ3) is 4.02. The first-order valence-electron chi connectivity index (χ1n) is 10.5. The van der Waals surface area contributed by atoms with E-state index >= 15 is 0 Å². The van der Waals surface area contributed by atoms with Crippen LogP contribution < -0.4 is 19.5 Å². The van der Waals surface area contributed by atoms with Gasteiger partial charge in [0.25, 0.3) is 5.91 Å². The van der Waals surface area contributed by atoms with Crippen LogP contribution in [0.15, 0.2) is 18.2 Å². The topological polar surface area (TPSA) is 87.5 Å². The van der Waals surface area contributed by atoms with Crippen molar-refractivity contribution >= 4 is 17.1 Å². The van der Waals surface area contributed by atoms with Gasteiger partial charge in [-0.15, -0.1) is 0 Å². The van der Waals surface area contributed by atoms with E-state index in [1.807, 2.05) is 19.1 Å². The summed E-state index contributed by atoms with van der Waals surface area (Å²) in [5, 5.41) is 3.00. The lowest BCUT2D eigenvalue weighted by Gasteiger charge is -2.14. The Morgan fingerprint density at radius 2 is 1.77 bits per heavy atom. The lowest BCUT2D eigenvalue weighted by molar-refractivity contribution is 0.0952. The summed E-state index contributed by atoms with van der Waals surface area (Å²) in [4.78, 5) is 22.6. The van der Waals surface area contributed by atoms with Crippen molar-refractivity contribution in [2.75, 3.05) is 21.3 Å². The van der Waals surface area contributed by atoms with E-state index in [-0.39, 0.29) is 5.91 Å². The number of rotatable bonds is 6. The second kappa shape index (κ2) is 8.83. The molecular weight excluding hydrogens is 396 g/mol. The van der Waals surface area contributed by atoms with Gasteiger partial charge < -0.3 is 24.1 Å². The normalized spacial score (nSPS) is 13.4. The number of benzene rings is 1. The van der Waals surface area contributed by atoms with Crippen LogP contribution >= 0.6 is 0 Å². The number of nitrogens with one attached hydrogen (secondary N) is 1. The summed E-state index contributed by atoms with van der Waals surface area (Å²) < 4.78 is 18.3. The van der Waals surface area contributed by atoms with Gasteiger partial charge in [-0.05, 0) is 43.5 Å². The molecule has 3 aromatic rings. The minimum Gasteiger partial charge on any atom is -0.493 e. The Morgan fingerprint density at radius 3 is 2.45 bits per heavy atom. The first kappa shape index (κ1) is 21.0. The Hall–Kier alpha value is -3.29. The lowest BCUT2D eigenvalue weighted by atomic mass is 10.1. The van der Waals surface area contributed by atoms with E-state index in [2.05, 4.69) is 14.9 Å². The van der Waals surface area contributed by atoms with Crippen LogP contribution in [0.2, 0.25) is 0 Å². The molecule has 0 spiro atoms. The molecule has 1 amide bonds. The quantitative estimate of drug-likeness (QED) is 0.652. The van der Waals surface area contributed by atoms with Crippen molar-refractivity contribution in [3.05, 3.63) is 40.8 Å². The molecule has 1 N–H and O–H groups in total. The van der Waals surface area contributed by atoms with Crippen molar-refractivity contribution in [3.63, 3.8) is 0 Å². The van der Waals surface area contributed by atoms with Crippen molar-refractivity contribution < 1.29 is 19.0 Å². The molecule has 0 radical (unpaired) electrons. The molecule has 164 valence electrons. The predicted octanol–water partition coefficient (Wildman–Crippen LogP) is 3.42. The molecule has 0 bridgehead atoms. The molecule has 31 heavy (non-hydrogen) atoms. The maximum Gasteiger partial charge on any atom is 0.253 e. The van der Waals surface area contributed by atoms with Gasteiger partial charge in [-0.1, -0.05) is 6.42 Å². The number of carbonyl (C=O) groups excluding carboxylic acids is 1. The highest BCUT2D eigenvalue weighted by Gasteiger charge is 2.21. The van der Waals surface area contributed by atoms with Crippen molar-refractivity contribution in [2.24, 2.45) is 0 Å². The van der Waals surface area contributed by atoms with Crippen LogP contribution in [0, 0.1) is 6.92 Å². The van der Waals surface area contributed by atoms with Crippen LogP contribution in [0.5, 0.6) is 17.2 Å². The monoisotopic (exact) mass is 424 g/mol. The molecule has 4 rings (SSSR count). The Kier molecular flexibility index (Phi) is 5.97. The van der Waals surface area contributed by atoms with E-state index in [0.717, 1.165) is 48.5 Å². The molecule has 0 unspecified atom stereocenters. The number of carbonyl (C=O) groups is 1. The van der Waals surface area contributed by atoms with Crippen LogP contribution in [-0.2, 0) is 19.5 Å². The van der Waals surface area contributed by atoms with Gasteiger partial charge in [-0.3, -0.25) is 4.79 Å². The Morgan fingerprint density at radius 1 is 1.03 bits per heavy atom. The van der Waals surface area contributed by atoms with E-state index in [1.165, 1.54) is 6.42 Å². The molecule has 1 aliphatic heterocycles. The predicted molar refractivity (Wildman–Crippen MR) is 117 cm³/mol. The minimum absolute atomic E-state index is 0.183. The maximum atomic E-state index is 13.1. The molecule has 8 heteroatoms. The maximum absolute atomic E-state index is 13.1. The molecule has 1 aliphatic rings. The zero-order chi connectivity index (χ0) is 22.0. The first-order chi connectivity index (χ1) is 15.0. The standard InChI is InChI=1S/C23H28N4O4/c1-14-10-16(20-22(25-14)27-9-7-5-6-8-19(27)26-20)23(28)24-13-15-11-17(29-2)21(31-4)18(12-15)30-3/h10-12H,5-9,13H2,1-4H3,(H,24,28). The van der Waals surface area contributed by atoms with Gasteiger partial charge in [0.05, 0.1) is 26.9 Å². The van der Waals surface area contributed by atoms with Gasteiger partial charge in [0.2, 0.25) is 5.75 Å². The van der Waals surface area contributed by atoms with Gasteiger partial charge in [0.15, 0.2) is 17.1 Å². The van der Waals surface area contributed by atoms with Crippen LogP contribution in [0.3, 0.4) is 0 Å². The molecule has 0 atom stereocenters. The highest BCUT2D eigenvalue weighted by Crippen LogP contribution is 2.38. The molecule has 0 fully saturated rings. The number of amides is 1. The summed E-state index contributed by atoms with van der Waals surface area (Å²) in [6.45, 7) is 3.12. The van der Waals surface area contributed by atoms with Crippen LogP contribution in [0.25, 0.3) is 11.2 Å². The third-order valence-corrected chi connectivity index (χ3v) is 5.61. The number of nitrogens with zero attached hydrogens (tertiary/aromatic N) is 3. The average molecular weight is 425 g/mol. The number of aryl methyl sites for hydroxylation is 3. The number of imidazole rings is 1. The fourth-order valence-corrected chi connectivity index (χ4v) is 4.10. The summed E-state index contributed by atoms with van der Waals surface area (Å²) >= 11 is 0. The van der Waals surface area contributed by atoms with Crippen molar-refractivity contribution in [1.82, 2.24) is 19.9 Å². The van der Waals surface area contributed by atoms with Crippen molar-refractivity contribution in [2.45, 2.75) is 45.7 Å². The van der Waals surface area contributed by atoms with Gasteiger partial charge in [0.1, 0.15) is 11.3 Å². The highest BCUT2D eigenvalue weighted by molar-refractivity contribution is 6.04. The molecule has 0 saturated heterocycles. The van der Waals surface area contributed by atoms with Crippen LogP contribution in [0.1, 0.15) is 46.7 Å². The van der Waals surface area contributed by atoms with Gasteiger partial charge >= 0.3 is 0 Å². The van der Waals surface area contributed by atoms with E-state index in [0.29, 0.717) is 34.9 Å². The molecule has 1 aromatic carbocycles. The summed E-state index contributed by atoms with van der Waals surface area (Å²) in [5.74, 6) is 2.45. The van der Waals surface area contributed by atoms with Gasteiger partial charge in [0, 0.05) is 25.2 Å². The average Bonchev–Trinajstić information content (AvgIpc) is 2.96. The number of aromatic nitrogens is 3. The largest absolute Gasteiger partial charge is 0.493 e. The summed E-state index contributed by atoms with van der Waals surface area (Å²) in [6, 6.07) is 5.46. The zero-order valence-electron chi connectivity index (χ0n) is 18.4. The molecule has 3 heterocycles. The second-order valence-corrected chi connectivity index (χ2v) is 7.69. The smallest absolute Gasteiger partial charge is 0.253 e. The Bertz CT molecular complexity index is 1100. The molecular formula is C23H28N4O4. The van der Waals surface area contributed by atoms with Gasteiger partial charge in [-0.25, -0.2) is 9.97 Å². The van der Waals surface area contributed by atoms with Crippen molar-refractivity contribution in [3.8, 4) is 17.2 Å². The SMILES string of the molecule is COc1cc(CNC(=O)c2cc(C)nc3c2nc2n3CCCCC2)cc(OC)c1OC. The van der Waals surface area contributed by atoms with Crippen LogP contribution in [0.4, 0.5) is 0 Å². The van der Waals surface area contributed by atoms with E-state index < -0.39 is 0 Å². The van der Waals surface area contributed by atoms with E-state index in [4.69, 9.17) is 19.2 Å². The van der Waals surface area contributed by atoms with Crippen LogP contribution in [-0.4, -0.2) is 41.8 Å². The molecule has 0 saturated carbocycles. The summed E-state index contributed by atoms with van der Waals surface area (Å²) in [6.07, 6.45) is 4.34. The lowest BCUT2D eigenvalue weighted by Crippen LogP contribution is -2.23. The Labute approximate surface area is 181 Å². The number of ether oxygens (including phenoxy) is 3. The van der Waals surface area contributed by atoms with Gasteiger partial charge in [-0.2, -0.15) is 0 Å². The third-order valence-electron chi connectivity index (χ3n) is 5.61. The minimum atomic E-state index is -0.183. The summed E-state index contributed by atoms with van der Waals surface area (Å²) in [5.41, 5.74) is 3.66. The first-order valence-corrected chi connectivity index (χ1v) is 10.5. The Balaban J connectivity index is 1.62. The number of pyridine rings is 1. The van der Waals surface area contributed by atoms with E-state index in [1.54, 1.807) is 27.4 Å². The zero-order valence-corrected chi connectivity index (χ0v) is 18.4. The second-order valence-electron chi connectivity index (χ2n) is 7.69. The van der Waals surface area contributed by atoms with E-state index in [9.17, 15) is 4.79 Å². The fourth-order valence-electron chi connectivity index (χ4n) is 4.10. The summed E-state index contributed by atoms with van der Waals surface area (Å²) in [7, 11) is 4.70. The fraction of sp³-hybridized carbons (Fsp3) is 0.435.